The summed E-state index contributed by atoms with van der Waals surface area (Å²) in [4.78, 5) is 17.1. The average Bonchev–Trinajstić information content (AvgIpc) is 3.55. The van der Waals surface area contributed by atoms with E-state index in [1.165, 1.54) is 5.56 Å². The lowest BCUT2D eigenvalue weighted by molar-refractivity contribution is 0.0945. The molecule has 1 atom stereocenters. The fraction of sp³-hybridized carbons (Fsp3) is 0.172. The van der Waals surface area contributed by atoms with Gasteiger partial charge >= 0.3 is 0 Å². The van der Waals surface area contributed by atoms with Gasteiger partial charge in [-0.1, -0.05) is 66.2 Å². The fourth-order valence-electron chi connectivity index (χ4n) is 4.37. The molecule has 0 aliphatic heterocycles. The topological polar surface area (TPSA) is 62.7 Å². The third-order valence-corrected chi connectivity index (χ3v) is 6.56. The highest BCUT2D eigenvalue weighted by molar-refractivity contribution is 6.30. The lowest BCUT2D eigenvalue weighted by Crippen LogP contribution is -2.30. The molecule has 5 nitrogen and oxygen atoms in total. The number of aryl methyl sites for hydroxylation is 1. The first-order chi connectivity index (χ1) is 17.1. The lowest BCUT2D eigenvalue weighted by atomic mass is 9.96. The maximum Gasteiger partial charge on any atom is 0.186 e. The van der Waals surface area contributed by atoms with Crippen LogP contribution in [-0.2, 0) is 13.0 Å². The number of aromatic nitrogens is 3. The number of carbonyl (C=O) groups excluding carboxylic acids is 1. The van der Waals surface area contributed by atoms with Gasteiger partial charge in [-0.15, -0.1) is 0 Å². The molecule has 0 fully saturated rings. The predicted octanol–water partition coefficient (Wildman–Crippen LogP) is 6.46. The Labute approximate surface area is 209 Å². The Kier molecular flexibility index (Phi) is 6.80. The number of Topliss-reactive ketones (excluding diaryl/α,β-unsaturated/α-hetero) is 1. The second-order valence-corrected chi connectivity index (χ2v) is 9.02. The summed E-state index contributed by atoms with van der Waals surface area (Å²) in [5, 5.41) is 9.51. The SMILES string of the molecule is CCn1cc(-c2ccc3c(C(=O)C(NCCc4ccc(Cl)cc4)c4ccccc4)c[nH]c3c2)cn1. The van der Waals surface area contributed by atoms with E-state index in [2.05, 4.69) is 34.5 Å². The molecule has 0 aliphatic carbocycles. The van der Waals surface area contributed by atoms with Crippen molar-refractivity contribution in [1.82, 2.24) is 20.1 Å². The van der Waals surface area contributed by atoms with Gasteiger partial charge in [0.1, 0.15) is 0 Å². The van der Waals surface area contributed by atoms with Crippen molar-refractivity contribution in [2.45, 2.75) is 25.9 Å². The van der Waals surface area contributed by atoms with Crippen molar-refractivity contribution >= 4 is 28.3 Å². The minimum absolute atomic E-state index is 0.0464. The van der Waals surface area contributed by atoms with Gasteiger partial charge < -0.3 is 10.3 Å². The number of fused-ring (bicyclic) bond motifs is 1. The van der Waals surface area contributed by atoms with E-state index >= 15 is 0 Å². The number of carbonyl (C=O) groups is 1. The Bertz CT molecular complexity index is 1440. The van der Waals surface area contributed by atoms with Gasteiger partial charge in [-0.3, -0.25) is 9.48 Å². The number of benzene rings is 3. The van der Waals surface area contributed by atoms with Crippen LogP contribution in [0.25, 0.3) is 22.0 Å². The summed E-state index contributed by atoms with van der Waals surface area (Å²) in [5.41, 5.74) is 5.87. The van der Waals surface area contributed by atoms with Crippen molar-refractivity contribution in [3.05, 3.63) is 113 Å². The molecule has 176 valence electrons. The van der Waals surface area contributed by atoms with Crippen molar-refractivity contribution in [2.24, 2.45) is 0 Å². The molecular weight excluding hydrogens is 456 g/mol. The highest BCUT2D eigenvalue weighted by atomic mass is 35.5. The Morgan fingerprint density at radius 3 is 2.60 bits per heavy atom. The number of rotatable bonds is 9. The summed E-state index contributed by atoms with van der Waals surface area (Å²) < 4.78 is 1.91. The molecule has 0 aliphatic rings. The molecule has 0 radical (unpaired) electrons. The number of nitrogens with one attached hydrogen (secondary N) is 2. The van der Waals surface area contributed by atoms with Crippen LogP contribution in [0.15, 0.2) is 91.4 Å². The maximum absolute atomic E-state index is 13.8. The van der Waals surface area contributed by atoms with Crippen LogP contribution in [0.2, 0.25) is 5.02 Å². The number of halogens is 1. The minimum atomic E-state index is -0.440. The van der Waals surface area contributed by atoms with Crippen LogP contribution in [0.4, 0.5) is 0 Å². The van der Waals surface area contributed by atoms with E-state index in [-0.39, 0.29) is 5.78 Å². The number of hydrogen-bond acceptors (Lipinski definition) is 3. The van der Waals surface area contributed by atoms with E-state index in [1.54, 1.807) is 0 Å². The predicted molar refractivity (Wildman–Crippen MR) is 142 cm³/mol. The zero-order valence-electron chi connectivity index (χ0n) is 19.5. The van der Waals surface area contributed by atoms with E-state index < -0.39 is 6.04 Å². The molecule has 3 aromatic carbocycles. The normalized spacial score (nSPS) is 12.2. The molecule has 0 amide bonds. The highest BCUT2D eigenvalue weighted by Crippen LogP contribution is 2.29. The standard InChI is InChI=1S/C29H27ClN4O/c1-2-34-19-23(17-33-34)22-10-13-25-26(18-32-27(25)16-22)29(35)28(21-6-4-3-5-7-21)31-15-14-20-8-11-24(30)12-9-20/h3-13,16-19,28,31-32H,2,14-15H2,1H3. The Hall–Kier alpha value is -3.67. The van der Waals surface area contributed by atoms with Crippen molar-refractivity contribution in [1.29, 1.82) is 0 Å². The summed E-state index contributed by atoms with van der Waals surface area (Å²) in [5.74, 6) is 0.0464. The Morgan fingerprint density at radius 2 is 1.86 bits per heavy atom. The maximum atomic E-state index is 13.8. The van der Waals surface area contributed by atoms with Crippen LogP contribution in [0, 0.1) is 0 Å². The molecule has 2 aromatic heterocycles. The number of ketones is 1. The van der Waals surface area contributed by atoms with Crippen LogP contribution in [0.1, 0.15) is 34.5 Å². The summed E-state index contributed by atoms with van der Waals surface area (Å²) in [6.45, 7) is 3.56. The summed E-state index contributed by atoms with van der Waals surface area (Å²) in [6.07, 6.45) is 6.53. The summed E-state index contributed by atoms with van der Waals surface area (Å²) in [6, 6.07) is 23.4. The van der Waals surface area contributed by atoms with Crippen LogP contribution < -0.4 is 5.32 Å². The first kappa shape index (κ1) is 23.1. The molecule has 5 rings (SSSR count). The summed E-state index contributed by atoms with van der Waals surface area (Å²) in [7, 11) is 0. The molecule has 1 unspecified atom stereocenters. The van der Waals surface area contributed by atoms with Gasteiger partial charge in [-0.25, -0.2) is 0 Å². The fourth-order valence-corrected chi connectivity index (χ4v) is 4.50. The van der Waals surface area contributed by atoms with Crippen molar-refractivity contribution in [2.75, 3.05) is 6.54 Å². The van der Waals surface area contributed by atoms with E-state index in [1.807, 2.05) is 83.9 Å². The quantitative estimate of drug-likeness (QED) is 0.237. The molecule has 0 spiro atoms. The molecule has 0 saturated carbocycles. The van der Waals surface area contributed by atoms with Gasteiger partial charge in [-0.2, -0.15) is 5.10 Å². The van der Waals surface area contributed by atoms with Crippen LogP contribution in [0.5, 0.6) is 0 Å². The number of nitrogens with zero attached hydrogens (tertiary/aromatic N) is 2. The molecule has 5 aromatic rings. The first-order valence-corrected chi connectivity index (χ1v) is 12.2. The average molecular weight is 483 g/mol. The zero-order chi connectivity index (χ0) is 24.2. The van der Waals surface area contributed by atoms with E-state index in [0.29, 0.717) is 12.1 Å². The smallest absolute Gasteiger partial charge is 0.186 e. The van der Waals surface area contributed by atoms with Crippen LogP contribution in [-0.4, -0.2) is 27.1 Å². The lowest BCUT2D eigenvalue weighted by Gasteiger charge is -2.18. The van der Waals surface area contributed by atoms with Gasteiger partial charge in [0, 0.05) is 52.5 Å². The minimum Gasteiger partial charge on any atom is -0.360 e. The van der Waals surface area contributed by atoms with Gasteiger partial charge in [0.25, 0.3) is 0 Å². The van der Waals surface area contributed by atoms with Crippen LogP contribution >= 0.6 is 11.6 Å². The van der Waals surface area contributed by atoms with Crippen molar-refractivity contribution in [3.8, 4) is 11.1 Å². The van der Waals surface area contributed by atoms with E-state index in [0.717, 1.165) is 45.6 Å². The first-order valence-electron chi connectivity index (χ1n) is 11.8. The zero-order valence-corrected chi connectivity index (χ0v) is 20.3. The molecule has 0 bridgehead atoms. The number of hydrogen-bond donors (Lipinski definition) is 2. The third-order valence-electron chi connectivity index (χ3n) is 6.31. The molecule has 0 saturated heterocycles. The molecule has 2 heterocycles. The highest BCUT2D eigenvalue weighted by Gasteiger charge is 2.24. The number of aromatic amines is 1. The van der Waals surface area contributed by atoms with E-state index in [9.17, 15) is 4.79 Å². The Balaban J connectivity index is 1.40. The molecular formula is C29H27ClN4O. The second-order valence-electron chi connectivity index (χ2n) is 8.59. The van der Waals surface area contributed by atoms with Crippen molar-refractivity contribution in [3.63, 3.8) is 0 Å². The van der Waals surface area contributed by atoms with Gasteiger partial charge in [-0.05, 0) is 48.2 Å². The third kappa shape index (κ3) is 5.06. The molecule has 6 heteroatoms. The van der Waals surface area contributed by atoms with Crippen molar-refractivity contribution < 1.29 is 4.79 Å². The largest absolute Gasteiger partial charge is 0.360 e. The monoisotopic (exact) mass is 482 g/mol. The molecule has 35 heavy (non-hydrogen) atoms. The van der Waals surface area contributed by atoms with Gasteiger partial charge in [0.05, 0.1) is 12.2 Å². The van der Waals surface area contributed by atoms with Gasteiger partial charge in [0.2, 0.25) is 0 Å². The summed E-state index contributed by atoms with van der Waals surface area (Å²) >= 11 is 6.01. The molecule has 2 N–H and O–H groups in total. The van der Waals surface area contributed by atoms with Crippen LogP contribution in [0.3, 0.4) is 0 Å². The van der Waals surface area contributed by atoms with Gasteiger partial charge in [0.15, 0.2) is 5.78 Å². The Morgan fingerprint density at radius 1 is 1.06 bits per heavy atom. The number of H-pyrrole nitrogens is 1. The second kappa shape index (κ2) is 10.3. The van der Waals surface area contributed by atoms with E-state index in [4.69, 9.17) is 11.6 Å².